The topological polar surface area (TPSA) is 51.5 Å². The summed E-state index contributed by atoms with van der Waals surface area (Å²) in [5, 5.41) is 2.68. The molecular formula is C16H18FNO3. The first-order valence-electron chi connectivity index (χ1n) is 6.82. The van der Waals surface area contributed by atoms with Gasteiger partial charge in [-0.15, -0.1) is 0 Å². The Morgan fingerprint density at radius 2 is 2.19 bits per heavy atom. The highest BCUT2D eigenvalue weighted by Gasteiger charge is 2.12. The molecular weight excluding hydrogens is 273 g/mol. The molecule has 0 unspecified atom stereocenters. The minimum absolute atomic E-state index is 0.0755. The Bertz CT molecular complexity index is 581. The molecule has 2 rings (SSSR count). The molecule has 4 nitrogen and oxygen atoms in total. The number of rotatable bonds is 7. The van der Waals surface area contributed by atoms with Crippen LogP contribution in [0.4, 0.5) is 4.39 Å². The molecule has 112 valence electrons. The molecule has 0 aliphatic carbocycles. The molecule has 1 aromatic carbocycles. The summed E-state index contributed by atoms with van der Waals surface area (Å²) in [7, 11) is 0. The fraction of sp³-hybridized carbons (Fsp3) is 0.312. The van der Waals surface area contributed by atoms with Crippen LogP contribution in [0.15, 0.2) is 41.0 Å². The Kier molecular flexibility index (Phi) is 5.51. The van der Waals surface area contributed by atoms with Gasteiger partial charge in [-0.05, 0) is 37.1 Å². The SMILES string of the molecule is Cc1cccc(C(=O)NCCCOCc2ccco2)c1F. The lowest BCUT2D eigenvalue weighted by molar-refractivity contribution is 0.0913. The van der Waals surface area contributed by atoms with Crippen molar-refractivity contribution in [3.8, 4) is 0 Å². The molecule has 0 aliphatic rings. The zero-order valence-corrected chi connectivity index (χ0v) is 11.9. The molecule has 0 bridgehead atoms. The number of benzene rings is 1. The molecule has 1 amide bonds. The molecule has 0 fully saturated rings. The van der Waals surface area contributed by atoms with E-state index in [0.29, 0.717) is 31.7 Å². The molecule has 0 saturated carbocycles. The van der Waals surface area contributed by atoms with Gasteiger partial charge in [0.15, 0.2) is 0 Å². The average molecular weight is 291 g/mol. The van der Waals surface area contributed by atoms with Crippen LogP contribution in [-0.4, -0.2) is 19.1 Å². The summed E-state index contributed by atoms with van der Waals surface area (Å²) in [6, 6.07) is 8.41. The highest BCUT2D eigenvalue weighted by atomic mass is 19.1. The Hall–Kier alpha value is -2.14. The average Bonchev–Trinajstić information content (AvgIpc) is 2.98. The van der Waals surface area contributed by atoms with E-state index in [-0.39, 0.29) is 5.56 Å². The number of furan rings is 1. The Morgan fingerprint density at radius 1 is 1.33 bits per heavy atom. The summed E-state index contributed by atoms with van der Waals surface area (Å²) in [6.45, 7) is 2.98. The molecule has 0 atom stereocenters. The summed E-state index contributed by atoms with van der Waals surface area (Å²) >= 11 is 0. The second kappa shape index (κ2) is 7.59. The molecule has 1 N–H and O–H groups in total. The van der Waals surface area contributed by atoms with Crippen molar-refractivity contribution in [2.75, 3.05) is 13.2 Å². The van der Waals surface area contributed by atoms with Crippen molar-refractivity contribution >= 4 is 5.91 Å². The Balaban J connectivity index is 1.66. The van der Waals surface area contributed by atoms with Gasteiger partial charge in [-0.25, -0.2) is 4.39 Å². The predicted octanol–water partition coefficient (Wildman–Crippen LogP) is 3.06. The number of aryl methyl sites for hydroxylation is 1. The molecule has 0 saturated heterocycles. The number of hydrogen-bond donors (Lipinski definition) is 1. The van der Waals surface area contributed by atoms with E-state index in [1.165, 1.54) is 6.07 Å². The minimum atomic E-state index is -0.468. The van der Waals surface area contributed by atoms with Crippen molar-refractivity contribution in [1.82, 2.24) is 5.32 Å². The van der Waals surface area contributed by atoms with Gasteiger partial charge in [-0.1, -0.05) is 12.1 Å². The monoisotopic (exact) mass is 291 g/mol. The van der Waals surface area contributed by atoms with Crippen molar-refractivity contribution in [2.24, 2.45) is 0 Å². The van der Waals surface area contributed by atoms with E-state index in [1.807, 2.05) is 6.07 Å². The van der Waals surface area contributed by atoms with Gasteiger partial charge >= 0.3 is 0 Å². The standard InChI is InChI=1S/C16H18FNO3/c1-12-5-2-7-14(15(12)17)16(19)18-8-4-9-20-11-13-6-3-10-21-13/h2-3,5-7,10H,4,8-9,11H2,1H3,(H,18,19). The summed E-state index contributed by atoms with van der Waals surface area (Å²) in [5.74, 6) is -0.104. The van der Waals surface area contributed by atoms with E-state index < -0.39 is 11.7 Å². The van der Waals surface area contributed by atoms with Crippen LogP contribution in [0.5, 0.6) is 0 Å². The van der Waals surface area contributed by atoms with E-state index in [4.69, 9.17) is 9.15 Å². The Morgan fingerprint density at radius 3 is 2.95 bits per heavy atom. The lowest BCUT2D eigenvalue weighted by Gasteiger charge is -2.07. The van der Waals surface area contributed by atoms with E-state index in [1.54, 1.807) is 31.4 Å². The normalized spacial score (nSPS) is 10.6. The third kappa shape index (κ3) is 4.43. The predicted molar refractivity (Wildman–Crippen MR) is 76.5 cm³/mol. The molecule has 1 heterocycles. The lowest BCUT2D eigenvalue weighted by atomic mass is 10.1. The first kappa shape index (κ1) is 15.3. The molecule has 5 heteroatoms. The smallest absolute Gasteiger partial charge is 0.254 e. The van der Waals surface area contributed by atoms with Crippen LogP contribution in [-0.2, 0) is 11.3 Å². The maximum Gasteiger partial charge on any atom is 0.254 e. The zero-order valence-electron chi connectivity index (χ0n) is 11.9. The molecule has 2 aromatic rings. The first-order chi connectivity index (χ1) is 10.2. The van der Waals surface area contributed by atoms with Gasteiger partial charge in [0.05, 0.1) is 11.8 Å². The van der Waals surface area contributed by atoms with Crippen LogP contribution in [0.3, 0.4) is 0 Å². The first-order valence-corrected chi connectivity index (χ1v) is 6.82. The molecule has 21 heavy (non-hydrogen) atoms. The van der Waals surface area contributed by atoms with Crippen molar-refractivity contribution in [1.29, 1.82) is 0 Å². The number of nitrogens with one attached hydrogen (secondary N) is 1. The maximum atomic E-state index is 13.7. The van der Waals surface area contributed by atoms with Gasteiger partial charge in [-0.3, -0.25) is 4.79 Å². The van der Waals surface area contributed by atoms with Gasteiger partial charge in [0.2, 0.25) is 0 Å². The molecule has 1 aromatic heterocycles. The summed E-state index contributed by atoms with van der Waals surface area (Å²) < 4.78 is 24.3. The largest absolute Gasteiger partial charge is 0.467 e. The van der Waals surface area contributed by atoms with Gasteiger partial charge in [0, 0.05) is 13.2 Å². The quantitative estimate of drug-likeness (QED) is 0.798. The zero-order chi connectivity index (χ0) is 15.1. The van der Waals surface area contributed by atoms with E-state index in [2.05, 4.69) is 5.32 Å². The van der Waals surface area contributed by atoms with Crippen LogP contribution >= 0.6 is 0 Å². The molecule has 0 radical (unpaired) electrons. The van der Waals surface area contributed by atoms with Crippen LogP contribution in [0, 0.1) is 12.7 Å². The van der Waals surface area contributed by atoms with Crippen LogP contribution in [0.1, 0.15) is 28.1 Å². The number of hydrogen-bond acceptors (Lipinski definition) is 3. The van der Waals surface area contributed by atoms with Crippen LogP contribution < -0.4 is 5.32 Å². The van der Waals surface area contributed by atoms with Crippen molar-refractivity contribution in [2.45, 2.75) is 20.0 Å². The highest BCUT2D eigenvalue weighted by molar-refractivity contribution is 5.94. The highest BCUT2D eigenvalue weighted by Crippen LogP contribution is 2.11. The van der Waals surface area contributed by atoms with Crippen LogP contribution in [0.25, 0.3) is 0 Å². The molecule has 0 aliphatic heterocycles. The van der Waals surface area contributed by atoms with E-state index in [0.717, 1.165) is 5.76 Å². The number of carbonyl (C=O) groups excluding carboxylic acids is 1. The second-order valence-electron chi connectivity index (χ2n) is 4.68. The van der Waals surface area contributed by atoms with Crippen LogP contribution in [0.2, 0.25) is 0 Å². The van der Waals surface area contributed by atoms with Gasteiger partial charge in [0.1, 0.15) is 18.2 Å². The fourth-order valence-electron chi connectivity index (χ4n) is 1.86. The minimum Gasteiger partial charge on any atom is -0.467 e. The number of halogens is 1. The van der Waals surface area contributed by atoms with E-state index in [9.17, 15) is 9.18 Å². The van der Waals surface area contributed by atoms with Crippen molar-refractivity contribution in [3.05, 3.63) is 59.3 Å². The van der Waals surface area contributed by atoms with Gasteiger partial charge < -0.3 is 14.5 Å². The number of amides is 1. The van der Waals surface area contributed by atoms with Gasteiger partial charge in [0.25, 0.3) is 5.91 Å². The maximum absolute atomic E-state index is 13.7. The third-order valence-electron chi connectivity index (χ3n) is 3.01. The summed E-state index contributed by atoms with van der Waals surface area (Å²) in [5.41, 5.74) is 0.538. The number of ether oxygens (including phenoxy) is 1. The summed E-state index contributed by atoms with van der Waals surface area (Å²) in [4.78, 5) is 11.8. The van der Waals surface area contributed by atoms with E-state index >= 15 is 0 Å². The fourth-order valence-corrected chi connectivity index (χ4v) is 1.86. The van der Waals surface area contributed by atoms with Crippen molar-refractivity contribution < 1.29 is 18.3 Å². The van der Waals surface area contributed by atoms with Gasteiger partial charge in [-0.2, -0.15) is 0 Å². The lowest BCUT2D eigenvalue weighted by Crippen LogP contribution is -2.26. The third-order valence-corrected chi connectivity index (χ3v) is 3.01. The second-order valence-corrected chi connectivity index (χ2v) is 4.68. The molecule has 0 spiro atoms. The summed E-state index contributed by atoms with van der Waals surface area (Å²) in [6.07, 6.45) is 2.25. The van der Waals surface area contributed by atoms with Crippen molar-refractivity contribution in [3.63, 3.8) is 0 Å². The Labute approximate surface area is 122 Å². The number of carbonyl (C=O) groups is 1.